The summed E-state index contributed by atoms with van der Waals surface area (Å²) in [6.45, 7) is 0.353. The molecular formula is C10H12N6O. The Hall–Kier alpha value is -2.44. The van der Waals surface area contributed by atoms with E-state index in [1.54, 1.807) is 4.68 Å². The van der Waals surface area contributed by atoms with Gasteiger partial charge in [0.05, 0.1) is 24.6 Å². The van der Waals surface area contributed by atoms with E-state index in [-0.39, 0.29) is 17.4 Å². The number of amides is 1. The molecule has 3 N–H and O–H groups in total. The average Bonchev–Trinajstić information content (AvgIpc) is 2.73. The summed E-state index contributed by atoms with van der Waals surface area (Å²) in [5.74, 6) is -0.0190. The van der Waals surface area contributed by atoms with Crippen molar-refractivity contribution in [3.63, 3.8) is 0 Å². The van der Waals surface area contributed by atoms with Crippen molar-refractivity contribution in [2.75, 3.05) is 5.73 Å². The number of nitrogen functional groups attached to an aromatic ring is 1. The van der Waals surface area contributed by atoms with Gasteiger partial charge in [0, 0.05) is 13.2 Å². The van der Waals surface area contributed by atoms with Gasteiger partial charge in [-0.05, 0) is 6.07 Å². The summed E-state index contributed by atoms with van der Waals surface area (Å²) in [4.78, 5) is 19.3. The Morgan fingerprint density at radius 2 is 2.29 bits per heavy atom. The van der Waals surface area contributed by atoms with Crippen molar-refractivity contribution in [1.29, 1.82) is 0 Å². The van der Waals surface area contributed by atoms with Gasteiger partial charge >= 0.3 is 0 Å². The van der Waals surface area contributed by atoms with Crippen LogP contribution in [0, 0.1) is 0 Å². The van der Waals surface area contributed by atoms with Crippen molar-refractivity contribution in [3.05, 3.63) is 36.0 Å². The standard InChI is InChI=1S/C10H12N6O/c1-16-3-2-7(15-16)4-14-10(17)8-5-13-9(11)6-12-8/h2-3,5-6H,4H2,1H3,(H2,11,13)(H,14,17). The Morgan fingerprint density at radius 3 is 2.88 bits per heavy atom. The smallest absolute Gasteiger partial charge is 0.271 e. The van der Waals surface area contributed by atoms with Crippen LogP contribution in [-0.2, 0) is 13.6 Å². The lowest BCUT2D eigenvalue weighted by Gasteiger charge is -2.02. The lowest BCUT2D eigenvalue weighted by molar-refractivity contribution is 0.0945. The van der Waals surface area contributed by atoms with E-state index in [4.69, 9.17) is 5.73 Å². The highest BCUT2D eigenvalue weighted by Gasteiger charge is 2.07. The molecular weight excluding hydrogens is 220 g/mol. The largest absolute Gasteiger partial charge is 0.382 e. The molecule has 7 nitrogen and oxygen atoms in total. The van der Waals surface area contributed by atoms with Crippen LogP contribution in [-0.4, -0.2) is 25.7 Å². The summed E-state index contributed by atoms with van der Waals surface area (Å²) in [5.41, 5.74) is 6.39. The van der Waals surface area contributed by atoms with Gasteiger partial charge in [-0.1, -0.05) is 0 Å². The molecule has 17 heavy (non-hydrogen) atoms. The number of aromatic nitrogens is 4. The van der Waals surface area contributed by atoms with Crippen LogP contribution in [0.15, 0.2) is 24.7 Å². The summed E-state index contributed by atoms with van der Waals surface area (Å²) >= 11 is 0. The van der Waals surface area contributed by atoms with Gasteiger partial charge < -0.3 is 11.1 Å². The third kappa shape index (κ3) is 2.77. The maximum absolute atomic E-state index is 11.6. The predicted octanol–water partition coefficient (Wildman–Crippen LogP) is -0.278. The van der Waals surface area contributed by atoms with E-state index in [2.05, 4.69) is 20.4 Å². The number of nitrogens with one attached hydrogen (secondary N) is 1. The zero-order chi connectivity index (χ0) is 12.3. The van der Waals surface area contributed by atoms with Gasteiger partial charge in [-0.15, -0.1) is 0 Å². The van der Waals surface area contributed by atoms with Crippen molar-refractivity contribution in [2.24, 2.45) is 7.05 Å². The van der Waals surface area contributed by atoms with Crippen LogP contribution in [0.25, 0.3) is 0 Å². The number of aryl methyl sites for hydroxylation is 1. The van der Waals surface area contributed by atoms with Gasteiger partial charge in [0.2, 0.25) is 0 Å². The lowest BCUT2D eigenvalue weighted by atomic mass is 10.4. The van der Waals surface area contributed by atoms with E-state index in [1.807, 2.05) is 19.3 Å². The molecule has 0 aromatic carbocycles. The molecule has 0 bridgehead atoms. The number of carbonyl (C=O) groups excluding carboxylic acids is 1. The molecule has 2 aromatic heterocycles. The van der Waals surface area contributed by atoms with Gasteiger partial charge in [0.15, 0.2) is 0 Å². The highest BCUT2D eigenvalue weighted by Crippen LogP contribution is 1.98. The second-order valence-electron chi connectivity index (χ2n) is 3.49. The number of anilines is 1. The molecule has 0 aliphatic rings. The highest BCUT2D eigenvalue weighted by atomic mass is 16.1. The summed E-state index contributed by atoms with van der Waals surface area (Å²) < 4.78 is 1.67. The first-order valence-corrected chi connectivity index (χ1v) is 4.99. The monoisotopic (exact) mass is 232 g/mol. The normalized spacial score (nSPS) is 10.2. The molecule has 7 heteroatoms. The van der Waals surface area contributed by atoms with Crippen molar-refractivity contribution in [1.82, 2.24) is 25.1 Å². The molecule has 0 atom stereocenters. The van der Waals surface area contributed by atoms with Crippen LogP contribution >= 0.6 is 0 Å². The fourth-order valence-electron chi connectivity index (χ4n) is 1.27. The molecule has 0 aliphatic heterocycles. The summed E-state index contributed by atoms with van der Waals surface area (Å²) in [6, 6.07) is 1.83. The molecule has 0 radical (unpaired) electrons. The quantitative estimate of drug-likeness (QED) is 0.758. The van der Waals surface area contributed by atoms with Crippen molar-refractivity contribution < 1.29 is 4.79 Å². The van der Waals surface area contributed by atoms with Crippen molar-refractivity contribution in [3.8, 4) is 0 Å². The first kappa shape index (κ1) is 11.1. The first-order valence-electron chi connectivity index (χ1n) is 4.99. The topological polar surface area (TPSA) is 98.7 Å². The molecule has 0 fully saturated rings. The molecule has 2 aromatic rings. The molecule has 88 valence electrons. The Balaban J connectivity index is 1.95. The van der Waals surface area contributed by atoms with Gasteiger partial charge in [0.25, 0.3) is 5.91 Å². The zero-order valence-electron chi connectivity index (χ0n) is 9.29. The van der Waals surface area contributed by atoms with Crippen molar-refractivity contribution in [2.45, 2.75) is 6.54 Å². The van der Waals surface area contributed by atoms with Crippen LogP contribution in [0.4, 0.5) is 5.82 Å². The molecule has 1 amide bonds. The molecule has 0 spiro atoms. The first-order chi connectivity index (χ1) is 8.15. The van der Waals surface area contributed by atoms with Gasteiger partial charge in [-0.2, -0.15) is 5.10 Å². The Kier molecular flexibility index (Phi) is 2.99. The fraction of sp³-hybridized carbons (Fsp3) is 0.200. The van der Waals surface area contributed by atoms with Gasteiger partial charge in [-0.3, -0.25) is 9.48 Å². The minimum atomic E-state index is -0.303. The number of nitrogens with zero attached hydrogens (tertiary/aromatic N) is 4. The van der Waals surface area contributed by atoms with Crippen LogP contribution < -0.4 is 11.1 Å². The Morgan fingerprint density at radius 1 is 1.47 bits per heavy atom. The van der Waals surface area contributed by atoms with Crippen LogP contribution in [0.1, 0.15) is 16.2 Å². The number of nitrogens with two attached hydrogens (primary N) is 1. The molecule has 0 aliphatic carbocycles. The second-order valence-corrected chi connectivity index (χ2v) is 3.49. The summed E-state index contributed by atoms with van der Waals surface area (Å²) in [6.07, 6.45) is 4.49. The maximum atomic E-state index is 11.6. The minimum absolute atomic E-state index is 0.232. The van der Waals surface area contributed by atoms with Gasteiger partial charge in [0.1, 0.15) is 11.5 Å². The van der Waals surface area contributed by atoms with E-state index in [9.17, 15) is 4.79 Å². The molecule has 0 saturated heterocycles. The molecule has 0 unspecified atom stereocenters. The van der Waals surface area contributed by atoms with Gasteiger partial charge in [-0.25, -0.2) is 9.97 Å². The van der Waals surface area contributed by atoms with E-state index < -0.39 is 0 Å². The zero-order valence-corrected chi connectivity index (χ0v) is 9.29. The molecule has 2 rings (SSSR count). The van der Waals surface area contributed by atoms with E-state index in [0.29, 0.717) is 6.54 Å². The molecule has 2 heterocycles. The number of hydrogen-bond acceptors (Lipinski definition) is 5. The third-order valence-corrected chi connectivity index (χ3v) is 2.10. The maximum Gasteiger partial charge on any atom is 0.271 e. The summed E-state index contributed by atoms with van der Waals surface area (Å²) in [7, 11) is 1.82. The van der Waals surface area contributed by atoms with Crippen LogP contribution in [0.3, 0.4) is 0 Å². The molecule has 0 saturated carbocycles. The lowest BCUT2D eigenvalue weighted by Crippen LogP contribution is -2.24. The van der Waals surface area contributed by atoms with Crippen LogP contribution in [0.2, 0.25) is 0 Å². The average molecular weight is 232 g/mol. The highest BCUT2D eigenvalue weighted by molar-refractivity contribution is 5.91. The number of hydrogen-bond donors (Lipinski definition) is 2. The SMILES string of the molecule is Cn1ccc(CNC(=O)c2cnc(N)cn2)n1. The Labute approximate surface area is 97.7 Å². The van der Waals surface area contributed by atoms with Crippen molar-refractivity contribution >= 4 is 11.7 Å². The second kappa shape index (κ2) is 4.60. The van der Waals surface area contributed by atoms with E-state index >= 15 is 0 Å². The summed E-state index contributed by atoms with van der Waals surface area (Å²) in [5, 5.41) is 6.83. The third-order valence-electron chi connectivity index (χ3n) is 2.10. The van der Waals surface area contributed by atoms with Crippen LogP contribution in [0.5, 0.6) is 0 Å². The number of rotatable bonds is 3. The van der Waals surface area contributed by atoms with E-state index in [1.165, 1.54) is 12.4 Å². The predicted molar refractivity (Wildman–Crippen MR) is 60.8 cm³/mol. The minimum Gasteiger partial charge on any atom is -0.382 e. The van der Waals surface area contributed by atoms with E-state index in [0.717, 1.165) is 5.69 Å². The Bertz CT molecular complexity index is 518. The fourth-order valence-corrected chi connectivity index (χ4v) is 1.27. The number of carbonyl (C=O) groups is 1.